The smallest absolute Gasteiger partial charge is 0.159 e. The molecule has 0 radical (unpaired) electrons. The molecule has 1 aliphatic heterocycles. The zero-order chi connectivity index (χ0) is 8.39. The van der Waals surface area contributed by atoms with Gasteiger partial charge in [0.05, 0.1) is 5.69 Å². The Morgan fingerprint density at radius 3 is 3.25 bits per heavy atom. The monoisotopic (exact) mass is 246 g/mol. The number of halogens is 1. The highest BCUT2D eigenvalue weighted by Crippen LogP contribution is 2.20. The molecule has 1 N–H and O–H groups in total. The largest absolute Gasteiger partial charge is 0.316 e. The van der Waals surface area contributed by atoms with Gasteiger partial charge in [0.1, 0.15) is 0 Å². The summed E-state index contributed by atoms with van der Waals surface area (Å²) in [6.45, 7) is 2.34. The molecule has 66 valence electrons. The number of nitrogens with one attached hydrogen (secondary N) is 1. The Kier molecular flexibility index (Phi) is 2.78. The van der Waals surface area contributed by atoms with Gasteiger partial charge in [-0.05, 0) is 47.8 Å². The van der Waals surface area contributed by atoms with Crippen LogP contribution in [-0.2, 0) is 6.42 Å². The van der Waals surface area contributed by atoms with Gasteiger partial charge >= 0.3 is 0 Å². The summed E-state index contributed by atoms with van der Waals surface area (Å²) in [6.07, 6.45) is 2.43. The first-order valence-electron chi connectivity index (χ1n) is 4.15. The van der Waals surface area contributed by atoms with Gasteiger partial charge in [-0.3, -0.25) is 0 Å². The van der Waals surface area contributed by atoms with Crippen molar-refractivity contribution in [2.45, 2.75) is 12.8 Å². The molecule has 1 aromatic rings. The van der Waals surface area contributed by atoms with E-state index in [1.165, 1.54) is 18.7 Å². The summed E-state index contributed by atoms with van der Waals surface area (Å²) in [5.74, 6) is 0.805. The fourth-order valence-electron chi connectivity index (χ4n) is 1.56. The highest BCUT2D eigenvalue weighted by Gasteiger charge is 2.15. The maximum absolute atomic E-state index is 4.38. The third-order valence-electron chi connectivity index (χ3n) is 2.18. The van der Waals surface area contributed by atoms with Gasteiger partial charge in [0.15, 0.2) is 3.92 Å². The molecule has 1 unspecified atom stereocenters. The summed E-state index contributed by atoms with van der Waals surface area (Å²) in [6, 6.07) is 0. The molecule has 1 aromatic heterocycles. The van der Waals surface area contributed by atoms with Crippen LogP contribution >= 0.6 is 27.3 Å². The third kappa shape index (κ3) is 2.06. The summed E-state index contributed by atoms with van der Waals surface area (Å²) in [5, 5.41) is 5.50. The molecule has 2 nitrogen and oxygen atoms in total. The Hall–Kier alpha value is 0.0700. The van der Waals surface area contributed by atoms with Crippen molar-refractivity contribution in [3.8, 4) is 0 Å². The van der Waals surface area contributed by atoms with Gasteiger partial charge in [-0.2, -0.15) is 0 Å². The summed E-state index contributed by atoms with van der Waals surface area (Å²) in [5.41, 5.74) is 1.24. The second-order valence-electron chi connectivity index (χ2n) is 3.15. The fourth-order valence-corrected chi connectivity index (χ4v) is 2.62. The number of thiazole rings is 1. The van der Waals surface area contributed by atoms with Crippen molar-refractivity contribution in [3.63, 3.8) is 0 Å². The van der Waals surface area contributed by atoms with Gasteiger partial charge in [-0.15, -0.1) is 11.3 Å². The predicted octanol–water partition coefficient (Wildman–Crippen LogP) is 2.06. The molecule has 0 spiro atoms. The molecule has 12 heavy (non-hydrogen) atoms. The lowest BCUT2D eigenvalue weighted by molar-refractivity contribution is 0.573. The lowest BCUT2D eigenvalue weighted by Crippen LogP contribution is -2.10. The first-order valence-corrected chi connectivity index (χ1v) is 5.82. The SMILES string of the molecule is Brc1nc(CC2CCNC2)cs1. The van der Waals surface area contributed by atoms with E-state index in [4.69, 9.17) is 0 Å². The van der Waals surface area contributed by atoms with Crippen LogP contribution in [0.15, 0.2) is 9.30 Å². The number of rotatable bonds is 2. The van der Waals surface area contributed by atoms with Crippen LogP contribution in [-0.4, -0.2) is 18.1 Å². The van der Waals surface area contributed by atoms with E-state index in [1.54, 1.807) is 11.3 Å². The summed E-state index contributed by atoms with van der Waals surface area (Å²) >= 11 is 5.05. The van der Waals surface area contributed by atoms with Crippen LogP contribution in [0.2, 0.25) is 0 Å². The normalized spacial score (nSPS) is 23.2. The number of hydrogen-bond acceptors (Lipinski definition) is 3. The number of hydrogen-bond donors (Lipinski definition) is 1. The Labute approximate surface area is 84.5 Å². The molecule has 1 atom stereocenters. The van der Waals surface area contributed by atoms with E-state index in [0.717, 1.165) is 22.8 Å². The fraction of sp³-hybridized carbons (Fsp3) is 0.625. The molecule has 2 heterocycles. The van der Waals surface area contributed by atoms with Crippen molar-refractivity contribution >= 4 is 27.3 Å². The maximum atomic E-state index is 4.38. The van der Waals surface area contributed by atoms with E-state index in [0.29, 0.717) is 0 Å². The molecule has 4 heteroatoms. The summed E-state index contributed by atoms with van der Waals surface area (Å²) < 4.78 is 1.00. The molecular formula is C8H11BrN2S. The van der Waals surface area contributed by atoms with E-state index in [1.807, 2.05) is 0 Å². The second kappa shape index (κ2) is 3.85. The predicted molar refractivity (Wildman–Crippen MR) is 54.5 cm³/mol. The minimum atomic E-state index is 0.805. The summed E-state index contributed by atoms with van der Waals surface area (Å²) in [7, 11) is 0. The van der Waals surface area contributed by atoms with Crippen molar-refractivity contribution in [2.24, 2.45) is 5.92 Å². The average molecular weight is 247 g/mol. The second-order valence-corrected chi connectivity index (χ2v) is 5.29. The molecule has 2 rings (SSSR count). The van der Waals surface area contributed by atoms with Gasteiger partial charge in [0.2, 0.25) is 0 Å². The van der Waals surface area contributed by atoms with Crippen LogP contribution in [0.3, 0.4) is 0 Å². The number of aromatic nitrogens is 1. The molecular weight excluding hydrogens is 236 g/mol. The van der Waals surface area contributed by atoms with Gasteiger partial charge < -0.3 is 5.32 Å². The molecule has 1 fully saturated rings. The van der Waals surface area contributed by atoms with Gasteiger partial charge in [0, 0.05) is 5.38 Å². The van der Waals surface area contributed by atoms with E-state index in [2.05, 4.69) is 31.6 Å². The van der Waals surface area contributed by atoms with Gasteiger partial charge in [-0.25, -0.2) is 4.98 Å². The van der Waals surface area contributed by atoms with E-state index >= 15 is 0 Å². The van der Waals surface area contributed by atoms with Crippen LogP contribution in [0.5, 0.6) is 0 Å². The van der Waals surface area contributed by atoms with Crippen LogP contribution in [0, 0.1) is 5.92 Å². The molecule has 0 aliphatic carbocycles. The Bertz CT molecular complexity index is 255. The van der Waals surface area contributed by atoms with Crippen LogP contribution < -0.4 is 5.32 Å². The maximum Gasteiger partial charge on any atom is 0.159 e. The van der Waals surface area contributed by atoms with E-state index < -0.39 is 0 Å². The zero-order valence-corrected chi connectivity index (χ0v) is 9.12. The third-order valence-corrected chi connectivity index (χ3v) is 3.60. The van der Waals surface area contributed by atoms with Crippen LogP contribution in [0.25, 0.3) is 0 Å². The minimum absolute atomic E-state index is 0.805. The molecule has 1 saturated heterocycles. The van der Waals surface area contributed by atoms with E-state index in [-0.39, 0.29) is 0 Å². The van der Waals surface area contributed by atoms with Gasteiger partial charge in [0.25, 0.3) is 0 Å². The first-order chi connectivity index (χ1) is 5.84. The topological polar surface area (TPSA) is 24.9 Å². The van der Waals surface area contributed by atoms with Gasteiger partial charge in [-0.1, -0.05) is 0 Å². The van der Waals surface area contributed by atoms with Crippen molar-refractivity contribution in [3.05, 3.63) is 15.0 Å². The molecule has 0 aromatic carbocycles. The van der Waals surface area contributed by atoms with Crippen LogP contribution in [0.4, 0.5) is 0 Å². The highest BCUT2D eigenvalue weighted by atomic mass is 79.9. The molecule has 1 aliphatic rings. The highest BCUT2D eigenvalue weighted by molar-refractivity contribution is 9.11. The standard InChI is InChI=1S/C8H11BrN2S/c9-8-11-7(5-12-8)3-6-1-2-10-4-6/h5-6,10H,1-4H2. The first kappa shape index (κ1) is 8.66. The summed E-state index contributed by atoms with van der Waals surface area (Å²) in [4.78, 5) is 4.38. The molecule has 0 amide bonds. The average Bonchev–Trinajstić information content (AvgIpc) is 2.63. The van der Waals surface area contributed by atoms with Crippen LogP contribution in [0.1, 0.15) is 12.1 Å². The lowest BCUT2D eigenvalue weighted by Gasteiger charge is -2.03. The molecule has 0 saturated carbocycles. The van der Waals surface area contributed by atoms with Crippen molar-refractivity contribution in [1.82, 2.24) is 10.3 Å². The minimum Gasteiger partial charge on any atom is -0.316 e. The lowest BCUT2D eigenvalue weighted by atomic mass is 10.0. The Balaban J connectivity index is 1.94. The zero-order valence-electron chi connectivity index (χ0n) is 6.72. The number of nitrogens with zero attached hydrogens (tertiary/aromatic N) is 1. The van der Waals surface area contributed by atoms with Crippen molar-refractivity contribution < 1.29 is 0 Å². The Morgan fingerprint density at radius 1 is 1.75 bits per heavy atom. The quantitative estimate of drug-likeness (QED) is 0.865. The Morgan fingerprint density at radius 2 is 2.67 bits per heavy atom. The van der Waals surface area contributed by atoms with Crippen molar-refractivity contribution in [1.29, 1.82) is 0 Å². The molecule has 0 bridgehead atoms. The van der Waals surface area contributed by atoms with Crippen molar-refractivity contribution in [2.75, 3.05) is 13.1 Å². The van der Waals surface area contributed by atoms with E-state index in [9.17, 15) is 0 Å².